The lowest BCUT2D eigenvalue weighted by atomic mass is 10.3. The summed E-state index contributed by atoms with van der Waals surface area (Å²) in [6, 6.07) is 7.15. The summed E-state index contributed by atoms with van der Waals surface area (Å²) in [6.07, 6.45) is 4.96. The molecule has 3 aromatic heterocycles. The number of methoxy groups -OCH3 is 1. The molecule has 0 atom stereocenters. The van der Waals surface area contributed by atoms with Gasteiger partial charge in [0.25, 0.3) is 5.91 Å². The van der Waals surface area contributed by atoms with Crippen molar-refractivity contribution in [1.82, 2.24) is 24.9 Å². The number of aromatic nitrogens is 4. The number of imidazole rings is 1. The van der Waals surface area contributed by atoms with E-state index in [1.54, 1.807) is 30.7 Å². The smallest absolute Gasteiger partial charge is 0.271 e. The Bertz CT molecular complexity index is 769. The van der Waals surface area contributed by atoms with Gasteiger partial charge in [0.1, 0.15) is 5.69 Å². The molecule has 7 heteroatoms. The molecule has 3 aromatic rings. The second-order valence-electron chi connectivity index (χ2n) is 4.35. The van der Waals surface area contributed by atoms with Crippen molar-refractivity contribution in [3.63, 3.8) is 0 Å². The number of amides is 1. The maximum atomic E-state index is 12.1. The maximum Gasteiger partial charge on any atom is 0.271 e. The Hall–Kier alpha value is -2.96. The third kappa shape index (κ3) is 2.81. The van der Waals surface area contributed by atoms with Crippen molar-refractivity contribution in [3.8, 4) is 5.88 Å². The fraction of sp³-hybridized carbons (Fsp3) is 0.143. The average molecular weight is 283 g/mol. The summed E-state index contributed by atoms with van der Waals surface area (Å²) in [6.45, 7) is 0.400. The van der Waals surface area contributed by atoms with E-state index >= 15 is 0 Å². The first-order valence-corrected chi connectivity index (χ1v) is 6.34. The van der Waals surface area contributed by atoms with Crippen LogP contribution >= 0.6 is 0 Å². The lowest BCUT2D eigenvalue weighted by molar-refractivity contribution is 0.0946. The van der Waals surface area contributed by atoms with Crippen molar-refractivity contribution in [2.75, 3.05) is 7.11 Å². The Morgan fingerprint density at radius 1 is 1.38 bits per heavy atom. The third-order valence-electron chi connectivity index (χ3n) is 2.91. The summed E-state index contributed by atoms with van der Waals surface area (Å²) in [7, 11) is 1.53. The number of nitrogens with zero attached hydrogens (tertiary/aromatic N) is 4. The highest BCUT2D eigenvalue weighted by molar-refractivity contribution is 5.92. The van der Waals surface area contributed by atoms with Crippen LogP contribution in [0, 0.1) is 0 Å². The predicted molar refractivity (Wildman–Crippen MR) is 74.9 cm³/mol. The van der Waals surface area contributed by atoms with Crippen molar-refractivity contribution in [1.29, 1.82) is 0 Å². The number of rotatable bonds is 4. The van der Waals surface area contributed by atoms with Crippen molar-refractivity contribution in [3.05, 3.63) is 54.1 Å². The molecule has 0 aliphatic rings. The van der Waals surface area contributed by atoms with Crippen LogP contribution in [-0.4, -0.2) is 32.6 Å². The quantitative estimate of drug-likeness (QED) is 0.774. The summed E-state index contributed by atoms with van der Waals surface area (Å²) < 4.78 is 6.54. The maximum absolute atomic E-state index is 12.1. The van der Waals surface area contributed by atoms with Gasteiger partial charge in [0.05, 0.1) is 13.3 Å². The van der Waals surface area contributed by atoms with E-state index in [0.29, 0.717) is 23.8 Å². The Balaban J connectivity index is 1.75. The van der Waals surface area contributed by atoms with Crippen LogP contribution in [0.1, 0.15) is 16.1 Å². The van der Waals surface area contributed by atoms with Gasteiger partial charge in [-0.15, -0.1) is 5.10 Å². The largest absolute Gasteiger partial charge is 0.480 e. The molecule has 0 aromatic carbocycles. The molecule has 0 radical (unpaired) electrons. The van der Waals surface area contributed by atoms with Gasteiger partial charge in [0.2, 0.25) is 5.88 Å². The minimum atomic E-state index is -0.261. The Labute approximate surface area is 120 Å². The van der Waals surface area contributed by atoms with Crippen molar-refractivity contribution >= 4 is 11.6 Å². The van der Waals surface area contributed by atoms with Gasteiger partial charge in [-0.05, 0) is 17.7 Å². The van der Waals surface area contributed by atoms with Crippen LogP contribution in [0.15, 0.2) is 42.9 Å². The summed E-state index contributed by atoms with van der Waals surface area (Å²) >= 11 is 0. The highest BCUT2D eigenvalue weighted by atomic mass is 16.5. The van der Waals surface area contributed by atoms with Crippen molar-refractivity contribution in [2.45, 2.75) is 6.54 Å². The van der Waals surface area contributed by atoms with Crippen molar-refractivity contribution < 1.29 is 9.53 Å². The van der Waals surface area contributed by atoms with Crippen molar-refractivity contribution in [2.24, 2.45) is 0 Å². The molecule has 106 valence electrons. The number of carbonyl (C=O) groups is 1. The number of fused-ring (bicyclic) bond motifs is 1. The van der Waals surface area contributed by atoms with E-state index < -0.39 is 0 Å². The first-order chi connectivity index (χ1) is 10.3. The van der Waals surface area contributed by atoms with Gasteiger partial charge < -0.3 is 10.1 Å². The molecule has 0 aliphatic heterocycles. The Morgan fingerprint density at radius 2 is 2.29 bits per heavy atom. The minimum absolute atomic E-state index is 0.261. The molecular weight excluding hydrogens is 270 g/mol. The lowest BCUT2D eigenvalue weighted by Crippen LogP contribution is -2.23. The molecule has 0 unspecified atom stereocenters. The molecule has 3 rings (SSSR count). The van der Waals surface area contributed by atoms with Gasteiger partial charge in [-0.1, -0.05) is 6.07 Å². The van der Waals surface area contributed by atoms with Crippen LogP contribution in [0.25, 0.3) is 5.65 Å². The molecular formula is C14H13N5O2. The number of ether oxygens (including phenoxy) is 1. The molecule has 3 heterocycles. The molecule has 7 nitrogen and oxygen atoms in total. The fourth-order valence-electron chi connectivity index (χ4n) is 1.86. The molecule has 0 saturated carbocycles. The molecule has 0 aliphatic carbocycles. The summed E-state index contributed by atoms with van der Waals surface area (Å²) in [5, 5.41) is 6.95. The van der Waals surface area contributed by atoms with E-state index in [1.807, 2.05) is 12.1 Å². The number of pyridine rings is 1. The Kier molecular flexibility index (Phi) is 3.46. The van der Waals surface area contributed by atoms with E-state index in [0.717, 1.165) is 5.56 Å². The fourth-order valence-corrected chi connectivity index (χ4v) is 1.86. The molecule has 1 N–H and O–H groups in total. The van der Waals surface area contributed by atoms with E-state index in [9.17, 15) is 4.79 Å². The second kappa shape index (κ2) is 5.58. The van der Waals surface area contributed by atoms with Crippen LogP contribution < -0.4 is 10.1 Å². The zero-order valence-corrected chi connectivity index (χ0v) is 11.4. The van der Waals surface area contributed by atoms with Gasteiger partial charge >= 0.3 is 0 Å². The van der Waals surface area contributed by atoms with Crippen LogP contribution in [0.4, 0.5) is 0 Å². The predicted octanol–water partition coefficient (Wildman–Crippen LogP) is 1.06. The topological polar surface area (TPSA) is 81.4 Å². The number of hydrogen-bond donors (Lipinski definition) is 1. The normalized spacial score (nSPS) is 10.5. The number of nitrogens with one attached hydrogen (secondary N) is 1. The number of carbonyl (C=O) groups excluding carboxylic acids is 1. The Morgan fingerprint density at radius 3 is 3.05 bits per heavy atom. The first-order valence-electron chi connectivity index (χ1n) is 6.34. The second-order valence-corrected chi connectivity index (χ2v) is 4.35. The molecule has 1 amide bonds. The van der Waals surface area contributed by atoms with E-state index in [2.05, 4.69) is 20.4 Å². The number of hydrogen-bond acceptors (Lipinski definition) is 5. The van der Waals surface area contributed by atoms with E-state index in [1.165, 1.54) is 11.6 Å². The molecule has 0 bridgehead atoms. The standard InChI is InChI=1S/C14H13N5O2/c1-21-13-5-4-12-17-11(9-19(12)18-13)14(20)16-8-10-3-2-6-15-7-10/h2-7,9H,8H2,1H3,(H,16,20). The highest BCUT2D eigenvalue weighted by Gasteiger charge is 2.11. The zero-order chi connectivity index (χ0) is 14.7. The van der Waals surface area contributed by atoms with Crippen LogP contribution in [0.3, 0.4) is 0 Å². The SMILES string of the molecule is COc1ccc2nc(C(=O)NCc3cccnc3)cn2n1. The van der Waals surface area contributed by atoms with Gasteiger partial charge in [0.15, 0.2) is 5.65 Å². The molecule has 0 spiro atoms. The average Bonchev–Trinajstić information content (AvgIpc) is 2.96. The van der Waals surface area contributed by atoms with Crippen LogP contribution in [-0.2, 0) is 6.54 Å². The minimum Gasteiger partial charge on any atom is -0.480 e. The molecule has 0 fully saturated rings. The van der Waals surface area contributed by atoms with Crippen LogP contribution in [0.2, 0.25) is 0 Å². The van der Waals surface area contributed by atoms with E-state index in [-0.39, 0.29) is 5.91 Å². The van der Waals surface area contributed by atoms with Gasteiger partial charge in [-0.2, -0.15) is 0 Å². The van der Waals surface area contributed by atoms with Gasteiger partial charge in [0, 0.05) is 25.0 Å². The summed E-state index contributed by atoms with van der Waals surface area (Å²) in [5.74, 6) is 0.200. The van der Waals surface area contributed by atoms with Gasteiger partial charge in [-0.25, -0.2) is 9.50 Å². The first kappa shape index (κ1) is 13.0. The molecule has 21 heavy (non-hydrogen) atoms. The third-order valence-corrected chi connectivity index (χ3v) is 2.91. The summed E-state index contributed by atoms with van der Waals surface area (Å²) in [4.78, 5) is 20.3. The zero-order valence-electron chi connectivity index (χ0n) is 11.4. The summed E-state index contributed by atoms with van der Waals surface area (Å²) in [5.41, 5.74) is 1.82. The molecule has 0 saturated heterocycles. The highest BCUT2D eigenvalue weighted by Crippen LogP contribution is 2.09. The monoisotopic (exact) mass is 283 g/mol. The lowest BCUT2D eigenvalue weighted by Gasteiger charge is -2.01. The van der Waals surface area contributed by atoms with E-state index in [4.69, 9.17) is 4.74 Å². The van der Waals surface area contributed by atoms with Gasteiger partial charge in [-0.3, -0.25) is 9.78 Å². The van der Waals surface area contributed by atoms with Crippen LogP contribution in [0.5, 0.6) is 5.88 Å².